The molecule has 0 aliphatic carbocycles. The lowest BCUT2D eigenvalue weighted by Gasteiger charge is -2.16. The number of anilines is 1. The van der Waals surface area contributed by atoms with Crippen molar-refractivity contribution in [2.24, 2.45) is 5.10 Å². The van der Waals surface area contributed by atoms with E-state index in [0.717, 1.165) is 11.6 Å². The zero-order chi connectivity index (χ0) is 22.7. The molecule has 1 atom stereocenters. The fourth-order valence-electron chi connectivity index (χ4n) is 3.41. The van der Waals surface area contributed by atoms with Crippen molar-refractivity contribution in [1.29, 1.82) is 0 Å². The van der Waals surface area contributed by atoms with E-state index in [1.165, 1.54) is 29.3 Å². The highest BCUT2D eigenvalue weighted by atomic mass is 35.5. The average molecular weight is 460 g/mol. The standard InChI is InChI=1S/C23H17ClF3N3O2/c24-16-8-11-20(19(25)12-16)28-23(31)30-13-18(14-4-2-1-3-5-14)21(29-30)15-6-9-17(10-7-15)32-22(26)27/h1-12,18,22H,13H2,(H,28,31). The summed E-state index contributed by atoms with van der Waals surface area (Å²) in [5, 5.41) is 8.37. The first-order valence-electron chi connectivity index (χ1n) is 9.63. The molecule has 0 spiro atoms. The first-order valence-corrected chi connectivity index (χ1v) is 10.0. The molecule has 0 aromatic heterocycles. The van der Waals surface area contributed by atoms with Crippen LogP contribution in [0, 0.1) is 5.82 Å². The molecule has 0 saturated carbocycles. The Bertz CT molecular complexity index is 1140. The van der Waals surface area contributed by atoms with Gasteiger partial charge in [-0.2, -0.15) is 13.9 Å². The number of carbonyl (C=O) groups excluding carboxylic acids is 1. The molecule has 32 heavy (non-hydrogen) atoms. The second kappa shape index (κ2) is 9.32. The Kier molecular flexibility index (Phi) is 6.32. The molecule has 3 aromatic rings. The van der Waals surface area contributed by atoms with Crippen LogP contribution in [0.5, 0.6) is 5.75 Å². The van der Waals surface area contributed by atoms with Crippen LogP contribution in [0.15, 0.2) is 77.9 Å². The molecule has 5 nitrogen and oxygen atoms in total. The number of ether oxygens (including phenoxy) is 1. The number of amides is 2. The van der Waals surface area contributed by atoms with Crippen molar-refractivity contribution in [3.63, 3.8) is 0 Å². The van der Waals surface area contributed by atoms with Crippen LogP contribution in [0.1, 0.15) is 17.0 Å². The van der Waals surface area contributed by atoms with E-state index in [0.29, 0.717) is 11.3 Å². The minimum Gasteiger partial charge on any atom is -0.435 e. The lowest BCUT2D eigenvalue weighted by Crippen LogP contribution is -2.30. The summed E-state index contributed by atoms with van der Waals surface area (Å²) in [6.07, 6.45) is 0. The molecule has 1 unspecified atom stereocenters. The SMILES string of the molecule is O=C(Nc1ccc(Cl)cc1F)N1CC(c2ccccc2)C(c2ccc(OC(F)F)cc2)=N1. The van der Waals surface area contributed by atoms with Crippen LogP contribution in [-0.4, -0.2) is 29.9 Å². The second-order valence-electron chi connectivity index (χ2n) is 6.99. The second-order valence-corrected chi connectivity index (χ2v) is 7.42. The molecule has 4 rings (SSSR count). The lowest BCUT2D eigenvalue weighted by molar-refractivity contribution is -0.0498. The van der Waals surface area contributed by atoms with E-state index in [4.69, 9.17) is 11.6 Å². The monoisotopic (exact) mass is 459 g/mol. The first kappa shape index (κ1) is 21.7. The number of nitrogens with one attached hydrogen (secondary N) is 1. The molecule has 9 heteroatoms. The first-order chi connectivity index (χ1) is 15.4. The number of carbonyl (C=O) groups is 1. The number of urea groups is 1. The number of hydrogen-bond donors (Lipinski definition) is 1. The Morgan fingerprint density at radius 1 is 1.09 bits per heavy atom. The number of halogens is 4. The zero-order valence-corrected chi connectivity index (χ0v) is 17.3. The zero-order valence-electron chi connectivity index (χ0n) is 16.5. The highest BCUT2D eigenvalue weighted by Crippen LogP contribution is 2.30. The van der Waals surface area contributed by atoms with Gasteiger partial charge in [-0.1, -0.05) is 41.9 Å². The van der Waals surface area contributed by atoms with E-state index in [1.54, 1.807) is 12.1 Å². The molecule has 164 valence electrons. The van der Waals surface area contributed by atoms with Crippen LogP contribution >= 0.6 is 11.6 Å². The smallest absolute Gasteiger partial charge is 0.387 e. The third-order valence-corrected chi connectivity index (χ3v) is 5.13. The van der Waals surface area contributed by atoms with E-state index >= 15 is 0 Å². The molecule has 2 amide bonds. The van der Waals surface area contributed by atoms with Crippen LogP contribution in [0.4, 0.5) is 23.7 Å². The summed E-state index contributed by atoms with van der Waals surface area (Å²) in [7, 11) is 0. The number of nitrogens with zero attached hydrogens (tertiary/aromatic N) is 2. The summed E-state index contributed by atoms with van der Waals surface area (Å²) in [5.74, 6) is -0.909. The van der Waals surface area contributed by atoms with Crippen molar-refractivity contribution in [3.8, 4) is 5.75 Å². The summed E-state index contributed by atoms with van der Waals surface area (Å²) in [6.45, 7) is -2.70. The minimum absolute atomic E-state index is 0.0198. The summed E-state index contributed by atoms with van der Waals surface area (Å²) in [5.41, 5.74) is 2.12. The van der Waals surface area contributed by atoms with Gasteiger partial charge in [-0.3, -0.25) is 0 Å². The van der Waals surface area contributed by atoms with Gasteiger partial charge in [-0.15, -0.1) is 0 Å². The van der Waals surface area contributed by atoms with Crippen molar-refractivity contribution < 1.29 is 22.7 Å². The Morgan fingerprint density at radius 2 is 1.81 bits per heavy atom. The third-order valence-electron chi connectivity index (χ3n) is 4.90. The van der Waals surface area contributed by atoms with Gasteiger partial charge in [0.1, 0.15) is 11.6 Å². The topological polar surface area (TPSA) is 53.9 Å². The van der Waals surface area contributed by atoms with Crippen LogP contribution in [-0.2, 0) is 0 Å². The maximum absolute atomic E-state index is 14.1. The van der Waals surface area contributed by atoms with Gasteiger partial charge >= 0.3 is 12.6 Å². The molecule has 0 radical (unpaired) electrons. The Labute approximate surface area is 187 Å². The molecule has 1 aliphatic heterocycles. The predicted molar refractivity (Wildman–Crippen MR) is 116 cm³/mol. The van der Waals surface area contributed by atoms with Crippen molar-refractivity contribution in [3.05, 3.63) is 94.8 Å². The Hall–Kier alpha value is -3.52. The van der Waals surface area contributed by atoms with Gasteiger partial charge in [-0.05, 0) is 53.6 Å². The van der Waals surface area contributed by atoms with Gasteiger partial charge < -0.3 is 10.1 Å². The van der Waals surface area contributed by atoms with Crippen molar-refractivity contribution in [2.75, 3.05) is 11.9 Å². The lowest BCUT2D eigenvalue weighted by atomic mass is 9.90. The van der Waals surface area contributed by atoms with E-state index in [9.17, 15) is 18.0 Å². The number of rotatable bonds is 5. The summed E-state index contributed by atoms with van der Waals surface area (Å²) >= 11 is 5.76. The number of alkyl halides is 2. The molecule has 1 N–H and O–H groups in total. The molecule has 0 saturated heterocycles. The van der Waals surface area contributed by atoms with Crippen molar-refractivity contribution in [1.82, 2.24) is 5.01 Å². The van der Waals surface area contributed by atoms with Crippen molar-refractivity contribution >= 4 is 29.0 Å². The largest absolute Gasteiger partial charge is 0.435 e. The molecule has 1 aliphatic rings. The highest BCUT2D eigenvalue weighted by Gasteiger charge is 2.32. The van der Waals surface area contributed by atoms with Crippen LogP contribution in [0.25, 0.3) is 0 Å². The van der Waals surface area contributed by atoms with Crippen LogP contribution in [0.2, 0.25) is 5.02 Å². The average Bonchev–Trinajstić information content (AvgIpc) is 3.22. The Balaban J connectivity index is 1.61. The summed E-state index contributed by atoms with van der Waals surface area (Å²) < 4.78 is 43.4. The molecular formula is C23H17ClF3N3O2. The normalized spacial score (nSPS) is 15.6. The molecule has 0 fully saturated rings. The maximum Gasteiger partial charge on any atom is 0.387 e. The molecule has 0 bridgehead atoms. The fourth-order valence-corrected chi connectivity index (χ4v) is 3.57. The van der Waals surface area contributed by atoms with Gasteiger partial charge in [0.25, 0.3) is 0 Å². The number of hydrazone groups is 1. The molecular weight excluding hydrogens is 443 g/mol. The van der Waals surface area contributed by atoms with Crippen LogP contribution < -0.4 is 10.1 Å². The van der Waals surface area contributed by atoms with Gasteiger partial charge in [0.2, 0.25) is 0 Å². The van der Waals surface area contributed by atoms with E-state index in [1.807, 2.05) is 30.3 Å². The molecule has 3 aromatic carbocycles. The van der Waals surface area contributed by atoms with Gasteiger partial charge in [-0.25, -0.2) is 14.2 Å². The highest BCUT2D eigenvalue weighted by molar-refractivity contribution is 6.30. The Morgan fingerprint density at radius 3 is 2.47 bits per heavy atom. The summed E-state index contributed by atoms with van der Waals surface area (Å²) in [6, 6.07) is 18.8. The quantitative estimate of drug-likeness (QED) is 0.500. The van der Waals surface area contributed by atoms with E-state index in [-0.39, 0.29) is 28.9 Å². The van der Waals surface area contributed by atoms with Gasteiger partial charge in [0, 0.05) is 10.9 Å². The number of benzene rings is 3. The predicted octanol–water partition coefficient (Wildman–Crippen LogP) is 6.12. The summed E-state index contributed by atoms with van der Waals surface area (Å²) in [4.78, 5) is 12.8. The van der Waals surface area contributed by atoms with Gasteiger partial charge in [0.15, 0.2) is 0 Å². The number of hydrogen-bond acceptors (Lipinski definition) is 3. The fraction of sp³-hybridized carbons (Fsp3) is 0.130. The third kappa shape index (κ3) is 4.86. The molecule has 1 heterocycles. The van der Waals surface area contributed by atoms with Crippen LogP contribution in [0.3, 0.4) is 0 Å². The maximum atomic E-state index is 14.1. The van der Waals surface area contributed by atoms with E-state index < -0.39 is 18.5 Å². The van der Waals surface area contributed by atoms with E-state index in [2.05, 4.69) is 15.2 Å². The van der Waals surface area contributed by atoms with Gasteiger partial charge in [0.05, 0.1) is 17.9 Å². The minimum atomic E-state index is -2.92. The van der Waals surface area contributed by atoms with Crippen molar-refractivity contribution in [2.45, 2.75) is 12.5 Å².